The summed E-state index contributed by atoms with van der Waals surface area (Å²) in [6.45, 7) is 0. The lowest BCUT2D eigenvalue weighted by molar-refractivity contribution is -0.745. The van der Waals surface area contributed by atoms with Crippen molar-refractivity contribution >= 4 is 0 Å². The molecule has 0 radical (unpaired) electrons. The molecule has 2 heteroatoms. The number of alkyl halides is 2. The zero-order valence-electron chi connectivity index (χ0n) is 7.09. The van der Waals surface area contributed by atoms with Gasteiger partial charge in [0.25, 0.3) is 21.2 Å². The second kappa shape index (κ2) is 1.74. The Morgan fingerprint density at radius 1 is 1.25 bits per heavy atom. The minimum absolute atomic E-state index is 0.128. The van der Waals surface area contributed by atoms with Crippen molar-refractivity contribution in [2.45, 2.75) is 35.2 Å². The summed E-state index contributed by atoms with van der Waals surface area (Å²) in [5.41, 5.74) is 0.403. The Morgan fingerprint density at radius 3 is 2.92 bits per heavy atom. The first-order chi connectivity index (χ1) is 5.75. The molecule has 5 unspecified atom stereocenters. The summed E-state index contributed by atoms with van der Waals surface area (Å²) in [6.07, 6.45) is 5.27. The molecular formula is C10H14IO+. The second-order valence-electron chi connectivity index (χ2n) is 5.26. The van der Waals surface area contributed by atoms with Crippen molar-refractivity contribution in [3.63, 3.8) is 0 Å². The minimum atomic E-state index is -0.128. The average molecular weight is 277 g/mol. The van der Waals surface area contributed by atoms with Gasteiger partial charge < -0.3 is 5.11 Å². The molecule has 12 heavy (non-hydrogen) atoms. The second-order valence-corrected chi connectivity index (χ2v) is 8.52. The van der Waals surface area contributed by atoms with Gasteiger partial charge in [-0.15, -0.1) is 0 Å². The SMILES string of the molecule is OC12CC3CC4C[I+]C(C1)C32C4. The Bertz CT molecular complexity index is 252. The summed E-state index contributed by atoms with van der Waals surface area (Å²) in [7, 11) is 0. The summed E-state index contributed by atoms with van der Waals surface area (Å²) in [4.78, 5) is 0. The predicted octanol–water partition coefficient (Wildman–Crippen LogP) is -1.99. The van der Waals surface area contributed by atoms with E-state index in [0.29, 0.717) is 26.6 Å². The highest BCUT2D eigenvalue weighted by atomic mass is 127. The van der Waals surface area contributed by atoms with Gasteiger partial charge in [-0.3, -0.25) is 0 Å². The number of rotatable bonds is 0. The number of hydrogen-bond donors (Lipinski definition) is 1. The van der Waals surface area contributed by atoms with Crippen LogP contribution in [0.15, 0.2) is 0 Å². The van der Waals surface area contributed by atoms with Crippen LogP contribution in [0.1, 0.15) is 25.7 Å². The summed E-state index contributed by atoms with van der Waals surface area (Å²) in [5, 5.41) is 10.3. The predicted molar refractivity (Wildman–Crippen MR) is 41.5 cm³/mol. The van der Waals surface area contributed by atoms with E-state index in [-0.39, 0.29) is 5.60 Å². The van der Waals surface area contributed by atoms with Crippen molar-refractivity contribution in [2.75, 3.05) is 4.43 Å². The normalized spacial score (nSPS) is 71.2. The van der Waals surface area contributed by atoms with Gasteiger partial charge in [-0.05, 0) is 25.2 Å². The third-order valence-corrected chi connectivity index (χ3v) is 9.36. The van der Waals surface area contributed by atoms with Gasteiger partial charge >= 0.3 is 0 Å². The zero-order chi connectivity index (χ0) is 7.97. The average Bonchev–Trinajstić information content (AvgIpc) is 2.38. The molecule has 1 N–H and O–H groups in total. The van der Waals surface area contributed by atoms with Crippen molar-refractivity contribution in [3.05, 3.63) is 0 Å². The van der Waals surface area contributed by atoms with E-state index < -0.39 is 0 Å². The lowest BCUT2D eigenvalue weighted by Gasteiger charge is -2.68. The highest BCUT2D eigenvalue weighted by Crippen LogP contribution is 2.73. The van der Waals surface area contributed by atoms with E-state index >= 15 is 0 Å². The molecule has 0 aromatic rings. The van der Waals surface area contributed by atoms with E-state index in [1.807, 2.05) is 0 Å². The van der Waals surface area contributed by atoms with Crippen molar-refractivity contribution < 1.29 is 26.3 Å². The largest absolute Gasteiger partial charge is 0.389 e. The lowest BCUT2D eigenvalue weighted by Crippen LogP contribution is -3.68. The maximum absolute atomic E-state index is 10.3. The number of halogens is 1. The quantitative estimate of drug-likeness (QED) is 0.401. The van der Waals surface area contributed by atoms with Crippen molar-refractivity contribution in [1.82, 2.24) is 0 Å². The standard InChI is InChI=1S/C10H14IO/c12-9-3-7-1-6-2-10(7,9)8(4-9)11-5-6/h6-8,12H,1-5H2/q+1. The van der Waals surface area contributed by atoms with Crippen LogP contribution in [-0.2, 0) is 0 Å². The Balaban J connectivity index is 1.84. The van der Waals surface area contributed by atoms with Crippen LogP contribution in [-0.4, -0.2) is 19.1 Å². The first kappa shape index (κ1) is 7.04. The Morgan fingerprint density at radius 2 is 2.17 bits per heavy atom. The monoisotopic (exact) mass is 277 g/mol. The van der Waals surface area contributed by atoms with Crippen LogP contribution in [0.25, 0.3) is 0 Å². The number of hydrogen-bond acceptors (Lipinski definition) is 1. The smallest absolute Gasteiger partial charge is 0.273 e. The summed E-state index contributed by atoms with van der Waals surface area (Å²) in [5.74, 6) is 2.02. The van der Waals surface area contributed by atoms with E-state index in [9.17, 15) is 5.11 Å². The third kappa shape index (κ3) is 0.481. The Labute approximate surface area is 83.2 Å². The van der Waals surface area contributed by atoms with Crippen LogP contribution in [0.2, 0.25) is 0 Å². The van der Waals surface area contributed by atoms with Crippen LogP contribution in [0.4, 0.5) is 0 Å². The molecule has 4 rings (SSSR count). The van der Waals surface area contributed by atoms with Crippen molar-refractivity contribution in [3.8, 4) is 0 Å². The summed E-state index contributed by atoms with van der Waals surface area (Å²) >= 11 is 0.482. The fraction of sp³-hybridized carbons (Fsp3) is 1.00. The van der Waals surface area contributed by atoms with Crippen LogP contribution >= 0.6 is 0 Å². The zero-order valence-corrected chi connectivity index (χ0v) is 9.25. The molecule has 66 valence electrons. The molecule has 0 aromatic heterocycles. The van der Waals surface area contributed by atoms with Gasteiger partial charge in [-0.2, -0.15) is 0 Å². The van der Waals surface area contributed by atoms with E-state index in [4.69, 9.17) is 0 Å². The van der Waals surface area contributed by atoms with Crippen molar-refractivity contribution in [1.29, 1.82) is 0 Å². The maximum atomic E-state index is 10.3. The molecule has 1 heterocycles. The molecule has 4 aliphatic rings. The highest BCUT2D eigenvalue weighted by molar-refractivity contribution is 5.28. The summed E-state index contributed by atoms with van der Waals surface area (Å²) < 4.78 is 2.62. The van der Waals surface area contributed by atoms with E-state index in [2.05, 4.69) is 0 Å². The Hall–Kier alpha value is 0.690. The number of aliphatic hydroxyl groups is 1. The van der Waals surface area contributed by atoms with Crippen LogP contribution in [0, 0.1) is 17.3 Å². The van der Waals surface area contributed by atoms with Gasteiger partial charge in [0, 0.05) is 17.8 Å². The van der Waals surface area contributed by atoms with Gasteiger partial charge in [-0.25, -0.2) is 0 Å². The highest BCUT2D eigenvalue weighted by Gasteiger charge is 2.84. The van der Waals surface area contributed by atoms with Crippen LogP contribution in [0.3, 0.4) is 0 Å². The van der Waals surface area contributed by atoms with Gasteiger partial charge in [0.05, 0.1) is 5.60 Å². The maximum Gasteiger partial charge on any atom is 0.273 e. The first-order valence-corrected chi connectivity index (χ1v) is 7.82. The minimum Gasteiger partial charge on any atom is -0.389 e. The lowest BCUT2D eigenvalue weighted by atomic mass is 9.40. The van der Waals surface area contributed by atoms with Crippen LogP contribution < -0.4 is 21.2 Å². The molecule has 4 fully saturated rings. The fourth-order valence-corrected chi connectivity index (χ4v) is 9.65. The molecule has 5 atom stereocenters. The van der Waals surface area contributed by atoms with Crippen molar-refractivity contribution in [2.24, 2.45) is 17.3 Å². The molecule has 1 saturated heterocycles. The van der Waals surface area contributed by atoms with Gasteiger partial charge in [0.2, 0.25) is 0 Å². The van der Waals surface area contributed by atoms with E-state index in [1.54, 1.807) is 4.43 Å². The van der Waals surface area contributed by atoms with E-state index in [0.717, 1.165) is 15.8 Å². The molecule has 1 aliphatic heterocycles. The van der Waals surface area contributed by atoms with Gasteiger partial charge in [-0.1, -0.05) is 0 Å². The molecule has 0 amide bonds. The molecule has 1 spiro atoms. The number of fused-ring (bicyclic) bond motifs is 1. The fourth-order valence-electron chi connectivity index (χ4n) is 4.48. The molecule has 3 saturated carbocycles. The molecule has 0 aromatic carbocycles. The summed E-state index contributed by atoms with van der Waals surface area (Å²) in [6, 6.07) is 0. The molecular weight excluding hydrogens is 263 g/mol. The van der Waals surface area contributed by atoms with Crippen LogP contribution in [0.5, 0.6) is 0 Å². The Kier molecular flexibility index (Phi) is 1.02. The molecule has 1 nitrogen and oxygen atoms in total. The molecule has 2 bridgehead atoms. The third-order valence-electron chi connectivity index (χ3n) is 4.99. The van der Waals surface area contributed by atoms with E-state index in [1.165, 1.54) is 25.7 Å². The van der Waals surface area contributed by atoms with Gasteiger partial charge in [0.15, 0.2) is 3.92 Å². The molecule has 3 aliphatic carbocycles. The topological polar surface area (TPSA) is 20.2 Å². The van der Waals surface area contributed by atoms with Gasteiger partial charge in [0.1, 0.15) is 4.43 Å². The first-order valence-electron chi connectivity index (χ1n) is 5.05.